The van der Waals surface area contributed by atoms with Crippen LogP contribution < -0.4 is 5.73 Å². The Morgan fingerprint density at radius 2 is 1.87 bits per heavy atom. The van der Waals surface area contributed by atoms with E-state index in [4.69, 9.17) is 5.73 Å². The SMILES string of the molecule is CC(C)C(N)=Nc1cc(F)cc(F)c1F. The molecule has 5 heteroatoms. The van der Waals surface area contributed by atoms with E-state index in [0.29, 0.717) is 6.07 Å². The first-order valence-electron chi connectivity index (χ1n) is 4.40. The van der Waals surface area contributed by atoms with Crippen LogP contribution in [0.25, 0.3) is 0 Å². The van der Waals surface area contributed by atoms with Gasteiger partial charge >= 0.3 is 0 Å². The lowest BCUT2D eigenvalue weighted by Crippen LogP contribution is -2.18. The van der Waals surface area contributed by atoms with Crippen LogP contribution in [0.2, 0.25) is 0 Å². The molecule has 0 spiro atoms. The standard InChI is InChI=1S/C10H11F3N2/c1-5(2)10(14)15-8-4-6(11)3-7(12)9(8)13/h3-5H,1-2H3,(H2,14,15). The summed E-state index contributed by atoms with van der Waals surface area (Å²) < 4.78 is 38.6. The molecule has 0 saturated carbocycles. The minimum atomic E-state index is -1.27. The summed E-state index contributed by atoms with van der Waals surface area (Å²) in [6, 6.07) is 1.26. The van der Waals surface area contributed by atoms with Crippen molar-refractivity contribution in [3.05, 3.63) is 29.6 Å². The Hall–Kier alpha value is -1.52. The van der Waals surface area contributed by atoms with Gasteiger partial charge in [0, 0.05) is 18.1 Å². The van der Waals surface area contributed by atoms with Gasteiger partial charge in [0.15, 0.2) is 11.6 Å². The number of benzene rings is 1. The van der Waals surface area contributed by atoms with Gasteiger partial charge in [-0.1, -0.05) is 13.8 Å². The van der Waals surface area contributed by atoms with Crippen molar-refractivity contribution in [3.63, 3.8) is 0 Å². The Bertz CT molecular complexity index is 400. The molecule has 0 radical (unpaired) electrons. The van der Waals surface area contributed by atoms with Crippen molar-refractivity contribution in [1.29, 1.82) is 0 Å². The van der Waals surface area contributed by atoms with Gasteiger partial charge in [-0.15, -0.1) is 0 Å². The maximum atomic E-state index is 13.1. The maximum Gasteiger partial charge on any atom is 0.184 e. The molecule has 0 amide bonds. The van der Waals surface area contributed by atoms with Gasteiger partial charge in [0.2, 0.25) is 0 Å². The molecule has 1 rings (SSSR count). The van der Waals surface area contributed by atoms with E-state index in [9.17, 15) is 13.2 Å². The number of halogens is 3. The molecule has 0 fully saturated rings. The molecule has 0 unspecified atom stereocenters. The van der Waals surface area contributed by atoms with Gasteiger partial charge in [0.25, 0.3) is 0 Å². The van der Waals surface area contributed by atoms with Crippen LogP contribution in [0, 0.1) is 23.4 Å². The van der Waals surface area contributed by atoms with Crippen molar-refractivity contribution in [2.24, 2.45) is 16.6 Å². The Morgan fingerprint density at radius 1 is 1.27 bits per heavy atom. The zero-order valence-electron chi connectivity index (χ0n) is 8.39. The van der Waals surface area contributed by atoms with Gasteiger partial charge in [0.1, 0.15) is 17.3 Å². The summed E-state index contributed by atoms with van der Waals surface area (Å²) in [6.45, 7) is 3.48. The third-order valence-electron chi connectivity index (χ3n) is 1.81. The smallest absolute Gasteiger partial charge is 0.184 e. The van der Waals surface area contributed by atoms with Crippen molar-refractivity contribution < 1.29 is 13.2 Å². The second-order valence-corrected chi connectivity index (χ2v) is 3.41. The summed E-state index contributed by atoms with van der Waals surface area (Å²) in [4.78, 5) is 3.62. The van der Waals surface area contributed by atoms with Crippen LogP contribution in [-0.2, 0) is 0 Å². The molecule has 0 atom stereocenters. The third kappa shape index (κ3) is 2.71. The van der Waals surface area contributed by atoms with Crippen molar-refractivity contribution in [2.75, 3.05) is 0 Å². The molecule has 0 aliphatic heterocycles. The van der Waals surface area contributed by atoms with E-state index in [-0.39, 0.29) is 11.8 Å². The van der Waals surface area contributed by atoms with E-state index in [1.54, 1.807) is 13.8 Å². The highest BCUT2D eigenvalue weighted by Gasteiger charge is 2.11. The molecule has 2 nitrogen and oxygen atoms in total. The average molecular weight is 216 g/mol. The molecule has 0 aliphatic carbocycles. The number of amidine groups is 1. The fourth-order valence-corrected chi connectivity index (χ4v) is 0.892. The molecule has 0 heterocycles. The van der Waals surface area contributed by atoms with Crippen LogP contribution in [0.3, 0.4) is 0 Å². The quantitative estimate of drug-likeness (QED) is 0.460. The van der Waals surface area contributed by atoms with E-state index < -0.39 is 23.1 Å². The first kappa shape index (κ1) is 11.6. The van der Waals surface area contributed by atoms with Crippen LogP contribution in [0.1, 0.15) is 13.8 Å². The maximum absolute atomic E-state index is 13.1. The number of rotatable bonds is 2. The third-order valence-corrected chi connectivity index (χ3v) is 1.81. The van der Waals surface area contributed by atoms with E-state index in [0.717, 1.165) is 6.07 Å². The van der Waals surface area contributed by atoms with Crippen molar-refractivity contribution in [1.82, 2.24) is 0 Å². The Kier molecular flexibility index (Phi) is 3.34. The van der Waals surface area contributed by atoms with Crippen LogP contribution in [-0.4, -0.2) is 5.84 Å². The van der Waals surface area contributed by atoms with Gasteiger partial charge in [-0.25, -0.2) is 18.2 Å². The van der Waals surface area contributed by atoms with Crippen molar-refractivity contribution in [3.8, 4) is 0 Å². The minimum absolute atomic E-state index is 0.115. The molecule has 0 aromatic heterocycles. The van der Waals surface area contributed by atoms with Crippen LogP contribution >= 0.6 is 0 Å². The Morgan fingerprint density at radius 3 is 2.40 bits per heavy atom. The van der Waals surface area contributed by atoms with Gasteiger partial charge in [-0.05, 0) is 0 Å². The van der Waals surface area contributed by atoms with Gasteiger partial charge in [-0.2, -0.15) is 0 Å². The fraction of sp³-hybridized carbons (Fsp3) is 0.300. The fourth-order valence-electron chi connectivity index (χ4n) is 0.892. The summed E-state index contributed by atoms with van der Waals surface area (Å²) in [5, 5.41) is 0. The molecule has 0 bridgehead atoms. The Labute approximate surface area is 85.6 Å². The predicted molar refractivity (Wildman–Crippen MR) is 52.4 cm³/mol. The molecule has 2 N–H and O–H groups in total. The van der Waals surface area contributed by atoms with E-state index in [1.807, 2.05) is 0 Å². The molecule has 1 aromatic rings. The monoisotopic (exact) mass is 216 g/mol. The van der Waals surface area contributed by atoms with Crippen molar-refractivity contribution >= 4 is 11.5 Å². The lowest BCUT2D eigenvalue weighted by Gasteiger charge is -2.05. The second-order valence-electron chi connectivity index (χ2n) is 3.41. The predicted octanol–water partition coefficient (Wildman–Crippen LogP) is 2.75. The molecule has 0 aliphatic rings. The summed E-state index contributed by atoms with van der Waals surface area (Å²) in [6.07, 6.45) is 0. The van der Waals surface area contributed by atoms with Gasteiger partial charge < -0.3 is 5.73 Å². The molecule has 0 saturated heterocycles. The number of hydrogen-bond donors (Lipinski definition) is 1. The summed E-state index contributed by atoms with van der Waals surface area (Å²) in [5.74, 6) is -3.34. The lowest BCUT2D eigenvalue weighted by molar-refractivity contribution is 0.497. The number of nitrogens with zero attached hydrogens (tertiary/aromatic N) is 1. The molecule has 15 heavy (non-hydrogen) atoms. The topological polar surface area (TPSA) is 38.4 Å². The molecule has 82 valence electrons. The zero-order chi connectivity index (χ0) is 11.6. The highest BCUT2D eigenvalue weighted by molar-refractivity contribution is 5.84. The van der Waals surface area contributed by atoms with E-state index >= 15 is 0 Å². The number of aliphatic imine (C=N–C) groups is 1. The number of nitrogens with two attached hydrogens (primary N) is 1. The minimum Gasteiger partial charge on any atom is -0.387 e. The summed E-state index contributed by atoms with van der Waals surface area (Å²) in [7, 11) is 0. The highest BCUT2D eigenvalue weighted by atomic mass is 19.2. The van der Waals surface area contributed by atoms with Crippen LogP contribution in [0.15, 0.2) is 17.1 Å². The first-order valence-corrected chi connectivity index (χ1v) is 4.40. The zero-order valence-corrected chi connectivity index (χ0v) is 8.39. The van der Waals surface area contributed by atoms with Crippen LogP contribution in [0.5, 0.6) is 0 Å². The summed E-state index contributed by atoms with van der Waals surface area (Å²) >= 11 is 0. The molecule has 1 aromatic carbocycles. The normalized spacial score (nSPS) is 12.3. The Balaban J connectivity index is 3.21. The van der Waals surface area contributed by atoms with Crippen molar-refractivity contribution in [2.45, 2.75) is 13.8 Å². The average Bonchev–Trinajstić information content (AvgIpc) is 2.13. The van der Waals surface area contributed by atoms with Gasteiger partial charge in [0.05, 0.1) is 0 Å². The van der Waals surface area contributed by atoms with E-state index in [1.165, 1.54) is 0 Å². The lowest BCUT2D eigenvalue weighted by atomic mass is 10.2. The highest BCUT2D eigenvalue weighted by Crippen LogP contribution is 2.22. The van der Waals surface area contributed by atoms with Crippen LogP contribution in [0.4, 0.5) is 18.9 Å². The summed E-state index contributed by atoms with van der Waals surface area (Å²) in [5.41, 5.74) is 5.04. The largest absolute Gasteiger partial charge is 0.387 e. The number of hydrogen-bond acceptors (Lipinski definition) is 1. The second kappa shape index (κ2) is 4.33. The molecular weight excluding hydrogens is 205 g/mol. The van der Waals surface area contributed by atoms with E-state index in [2.05, 4.69) is 4.99 Å². The van der Waals surface area contributed by atoms with Gasteiger partial charge in [-0.3, -0.25) is 0 Å². The molecular formula is C10H11F3N2. The first-order chi connectivity index (χ1) is 6.91.